The van der Waals surface area contributed by atoms with Crippen molar-refractivity contribution in [3.05, 3.63) is 59.4 Å². The molecule has 0 spiro atoms. The second kappa shape index (κ2) is 10.2. The van der Waals surface area contributed by atoms with Crippen molar-refractivity contribution in [1.82, 2.24) is 0 Å². The van der Waals surface area contributed by atoms with Gasteiger partial charge in [0, 0.05) is 6.54 Å². The molecule has 154 valence electrons. The fraction of sp³-hybridized carbons (Fsp3) is 0.381. The summed E-state index contributed by atoms with van der Waals surface area (Å²) in [6.07, 6.45) is 0.831. The van der Waals surface area contributed by atoms with E-state index in [4.69, 9.17) is 5.11 Å². The highest BCUT2D eigenvalue weighted by Crippen LogP contribution is 2.26. The number of aryl methyl sites for hydroxylation is 1. The van der Waals surface area contributed by atoms with Crippen LogP contribution in [0.4, 0.5) is 10.1 Å². The topological polar surface area (TPSA) is 74.7 Å². The van der Waals surface area contributed by atoms with Crippen LogP contribution >= 0.6 is 0 Å². The average Bonchev–Trinajstić information content (AvgIpc) is 2.67. The lowest BCUT2D eigenvalue weighted by Crippen LogP contribution is -2.34. The maximum Gasteiger partial charge on any atom is 0.338 e. The molecule has 0 fully saturated rings. The zero-order chi connectivity index (χ0) is 21.5. The summed E-state index contributed by atoms with van der Waals surface area (Å²) in [4.78, 5) is 10.9. The Morgan fingerprint density at radius 3 is 2.14 bits per heavy atom. The molecule has 2 aromatic rings. The third kappa shape index (κ3) is 5.55. The van der Waals surface area contributed by atoms with Crippen LogP contribution in [0, 0.1) is 11.7 Å². The van der Waals surface area contributed by atoms with Crippen LogP contribution in [-0.4, -0.2) is 26.0 Å². The van der Waals surface area contributed by atoms with E-state index in [1.165, 1.54) is 4.31 Å². The molecule has 28 heavy (non-hydrogen) atoms. The zero-order valence-electron chi connectivity index (χ0n) is 16.9. The number of nitrogens with zero attached hydrogens (tertiary/aromatic N) is 1. The predicted molar refractivity (Wildman–Crippen MR) is 110 cm³/mol. The third-order valence-electron chi connectivity index (χ3n) is 3.92. The maximum atomic E-state index is 13.6. The number of sulfonamides is 1. The highest BCUT2D eigenvalue weighted by molar-refractivity contribution is 7.92. The number of benzene rings is 2. The van der Waals surface area contributed by atoms with Crippen molar-refractivity contribution in [2.24, 2.45) is 5.92 Å². The quantitative estimate of drug-likeness (QED) is 0.701. The van der Waals surface area contributed by atoms with Gasteiger partial charge >= 0.3 is 5.97 Å². The van der Waals surface area contributed by atoms with Gasteiger partial charge in [0.25, 0.3) is 10.0 Å². The summed E-state index contributed by atoms with van der Waals surface area (Å²) in [6, 6.07) is 9.97. The van der Waals surface area contributed by atoms with Crippen molar-refractivity contribution < 1.29 is 22.7 Å². The minimum Gasteiger partial charge on any atom is -0.478 e. The Morgan fingerprint density at radius 2 is 1.68 bits per heavy atom. The van der Waals surface area contributed by atoms with Crippen molar-refractivity contribution in [1.29, 1.82) is 0 Å². The second-order valence-corrected chi connectivity index (χ2v) is 8.26. The number of anilines is 1. The molecule has 0 aromatic heterocycles. The summed E-state index contributed by atoms with van der Waals surface area (Å²) >= 11 is 0. The van der Waals surface area contributed by atoms with Gasteiger partial charge in [-0.2, -0.15) is 0 Å². The van der Waals surface area contributed by atoms with Crippen molar-refractivity contribution in [2.45, 2.75) is 45.9 Å². The van der Waals surface area contributed by atoms with Crippen LogP contribution < -0.4 is 4.31 Å². The van der Waals surface area contributed by atoms with Gasteiger partial charge in [-0.1, -0.05) is 46.8 Å². The van der Waals surface area contributed by atoms with Gasteiger partial charge in [-0.25, -0.2) is 17.6 Å². The SMILES string of the molecule is CC.CCc1ccc(N(CC(C)C)S(=O)(=O)c2ccc(F)c(C(=O)O)c2)cc1. The summed E-state index contributed by atoms with van der Waals surface area (Å²) in [7, 11) is -4.04. The Balaban J connectivity index is 0.00000190. The Kier molecular flexibility index (Phi) is 8.63. The Morgan fingerprint density at radius 1 is 1.11 bits per heavy atom. The number of carboxylic acids is 1. The van der Waals surface area contributed by atoms with Crippen molar-refractivity contribution in [3.8, 4) is 0 Å². The van der Waals surface area contributed by atoms with Crippen LogP contribution in [0.3, 0.4) is 0 Å². The molecule has 0 amide bonds. The van der Waals surface area contributed by atoms with Crippen molar-refractivity contribution in [2.75, 3.05) is 10.8 Å². The molecule has 0 saturated carbocycles. The monoisotopic (exact) mass is 409 g/mol. The second-order valence-electron chi connectivity index (χ2n) is 6.40. The molecule has 2 aromatic carbocycles. The molecule has 2 rings (SSSR count). The molecule has 0 radical (unpaired) electrons. The van der Waals surface area contributed by atoms with Crippen LogP contribution in [-0.2, 0) is 16.4 Å². The molecule has 0 heterocycles. The molecular weight excluding hydrogens is 381 g/mol. The van der Waals surface area contributed by atoms with E-state index in [1.807, 2.05) is 46.8 Å². The fourth-order valence-electron chi connectivity index (χ4n) is 2.53. The molecule has 0 saturated heterocycles. The highest BCUT2D eigenvalue weighted by atomic mass is 32.2. The number of hydrogen-bond acceptors (Lipinski definition) is 3. The van der Waals surface area contributed by atoms with Crippen LogP contribution in [0.2, 0.25) is 0 Å². The standard InChI is InChI=1S/C19H22FNO4S.C2H6/c1-4-14-5-7-15(8-6-14)21(12-13(2)3)26(24,25)16-9-10-18(20)17(11-16)19(22)23;1-2/h5-11,13H,4,12H2,1-3H3,(H,22,23);1-2H3. The normalized spacial score (nSPS) is 11.0. The van der Waals surface area contributed by atoms with Crippen LogP contribution in [0.15, 0.2) is 47.4 Å². The molecule has 0 aliphatic rings. The van der Waals surface area contributed by atoms with E-state index in [9.17, 15) is 17.6 Å². The summed E-state index contributed by atoms with van der Waals surface area (Å²) < 4.78 is 41.1. The number of hydrogen-bond donors (Lipinski definition) is 1. The van der Waals surface area contributed by atoms with Gasteiger partial charge in [-0.15, -0.1) is 0 Å². The van der Waals surface area contributed by atoms with E-state index < -0.39 is 27.4 Å². The summed E-state index contributed by atoms with van der Waals surface area (Å²) in [6.45, 7) is 9.99. The molecule has 0 bridgehead atoms. The number of carboxylic acid groups (broad SMARTS) is 1. The summed E-state index contributed by atoms with van der Waals surface area (Å²) in [5.74, 6) is -2.45. The fourth-order valence-corrected chi connectivity index (χ4v) is 4.18. The lowest BCUT2D eigenvalue weighted by Gasteiger charge is -2.26. The van der Waals surface area contributed by atoms with E-state index in [-0.39, 0.29) is 17.4 Å². The summed E-state index contributed by atoms with van der Waals surface area (Å²) in [5, 5.41) is 9.07. The molecule has 0 aliphatic heterocycles. The minimum absolute atomic E-state index is 0.0371. The number of aromatic carboxylic acids is 1. The molecule has 0 unspecified atom stereocenters. The van der Waals surface area contributed by atoms with Crippen LogP contribution in [0.5, 0.6) is 0 Å². The van der Waals surface area contributed by atoms with Crippen molar-refractivity contribution in [3.63, 3.8) is 0 Å². The number of rotatable bonds is 7. The van der Waals surface area contributed by atoms with Gasteiger partial charge in [0.1, 0.15) is 5.82 Å². The zero-order valence-corrected chi connectivity index (χ0v) is 17.8. The van der Waals surface area contributed by atoms with E-state index in [0.29, 0.717) is 5.69 Å². The first kappa shape index (κ1) is 23.6. The van der Waals surface area contributed by atoms with Gasteiger partial charge < -0.3 is 5.11 Å². The highest BCUT2D eigenvalue weighted by Gasteiger charge is 2.27. The molecule has 0 atom stereocenters. The lowest BCUT2D eigenvalue weighted by molar-refractivity contribution is 0.0691. The Hall–Kier alpha value is -2.41. The molecular formula is C21H28FNO4S. The summed E-state index contributed by atoms with van der Waals surface area (Å²) in [5.41, 5.74) is 0.889. The van der Waals surface area contributed by atoms with E-state index in [1.54, 1.807) is 12.1 Å². The van der Waals surface area contributed by atoms with Gasteiger partial charge in [0.15, 0.2) is 0 Å². The molecule has 0 aliphatic carbocycles. The smallest absolute Gasteiger partial charge is 0.338 e. The van der Waals surface area contributed by atoms with Gasteiger partial charge in [0.2, 0.25) is 0 Å². The first-order valence-corrected chi connectivity index (χ1v) is 10.7. The van der Waals surface area contributed by atoms with E-state index in [0.717, 1.165) is 30.2 Å². The van der Waals surface area contributed by atoms with Crippen molar-refractivity contribution >= 4 is 21.7 Å². The Labute approximate surface area is 166 Å². The van der Waals surface area contributed by atoms with Crippen LogP contribution in [0.25, 0.3) is 0 Å². The van der Waals surface area contributed by atoms with Gasteiger partial charge in [0.05, 0.1) is 16.1 Å². The van der Waals surface area contributed by atoms with Crippen LogP contribution in [0.1, 0.15) is 50.5 Å². The lowest BCUT2D eigenvalue weighted by atomic mass is 10.1. The van der Waals surface area contributed by atoms with Gasteiger partial charge in [-0.05, 0) is 48.2 Å². The largest absolute Gasteiger partial charge is 0.478 e. The number of carbonyl (C=O) groups is 1. The average molecular weight is 410 g/mol. The Bertz CT molecular complexity index is 893. The number of halogens is 1. The predicted octanol–water partition coefficient (Wildman–Crippen LogP) is 4.96. The first-order valence-electron chi connectivity index (χ1n) is 9.31. The molecule has 5 nitrogen and oxygen atoms in total. The molecule has 7 heteroatoms. The van der Waals surface area contributed by atoms with E-state index >= 15 is 0 Å². The maximum absolute atomic E-state index is 13.6. The third-order valence-corrected chi connectivity index (χ3v) is 5.71. The minimum atomic E-state index is -4.04. The molecule has 1 N–H and O–H groups in total. The van der Waals surface area contributed by atoms with E-state index in [2.05, 4.69) is 0 Å². The van der Waals surface area contributed by atoms with Gasteiger partial charge in [-0.3, -0.25) is 4.31 Å². The first-order chi connectivity index (χ1) is 13.2.